The third kappa shape index (κ3) is 4.61. The van der Waals surface area contributed by atoms with E-state index in [0.717, 1.165) is 11.1 Å². The van der Waals surface area contributed by atoms with Crippen molar-refractivity contribution in [1.82, 2.24) is 4.90 Å². The van der Waals surface area contributed by atoms with E-state index in [0.29, 0.717) is 39.3 Å². The maximum atomic E-state index is 13.9. The zero-order valence-corrected chi connectivity index (χ0v) is 19.1. The van der Waals surface area contributed by atoms with E-state index in [2.05, 4.69) is 26.9 Å². The Morgan fingerprint density at radius 2 is 1.81 bits per heavy atom. The number of hydrogen-bond acceptors (Lipinski definition) is 3. The summed E-state index contributed by atoms with van der Waals surface area (Å²) in [5.74, 6) is -1.59. The number of carboxylic acid groups (broad SMARTS) is 1. The molecule has 1 heterocycles. The highest BCUT2D eigenvalue weighted by atomic mass is 79.9. The third-order valence-electron chi connectivity index (χ3n) is 5.39. The molecule has 3 aromatic carbocycles. The first-order valence-electron chi connectivity index (χ1n) is 9.77. The predicted molar refractivity (Wildman–Crippen MR) is 125 cm³/mol. The van der Waals surface area contributed by atoms with Crippen LogP contribution in [0.25, 0.3) is 5.57 Å². The lowest BCUT2D eigenvalue weighted by Crippen LogP contribution is -2.44. The molecule has 160 valence electrons. The van der Waals surface area contributed by atoms with Gasteiger partial charge in [-0.3, -0.25) is 4.90 Å². The lowest BCUT2D eigenvalue weighted by molar-refractivity contribution is -0.130. The molecule has 0 aliphatic carbocycles. The van der Waals surface area contributed by atoms with Crippen LogP contribution in [0.4, 0.5) is 4.39 Å². The molecule has 4 rings (SSSR count). The SMILES string of the molecule is N#Cc1cccc([C@H](c2ccc(Cl)cc2)N2CC(=C(C(=O)O)c3cc(F)cc(Br)c3)C2)c1. The Morgan fingerprint density at radius 1 is 1.09 bits per heavy atom. The molecule has 1 fully saturated rings. The topological polar surface area (TPSA) is 64.3 Å². The van der Waals surface area contributed by atoms with Crippen molar-refractivity contribution in [1.29, 1.82) is 5.26 Å². The lowest BCUT2D eigenvalue weighted by Gasteiger charge is -2.42. The maximum absolute atomic E-state index is 13.9. The van der Waals surface area contributed by atoms with E-state index in [9.17, 15) is 19.6 Å². The van der Waals surface area contributed by atoms with Gasteiger partial charge in [-0.05, 0) is 64.7 Å². The molecule has 32 heavy (non-hydrogen) atoms. The number of aliphatic carboxylic acids is 1. The minimum atomic E-state index is -1.09. The lowest BCUT2D eigenvalue weighted by atomic mass is 9.89. The minimum Gasteiger partial charge on any atom is -0.478 e. The van der Waals surface area contributed by atoms with Gasteiger partial charge in [0.2, 0.25) is 0 Å². The smallest absolute Gasteiger partial charge is 0.336 e. The van der Waals surface area contributed by atoms with E-state index >= 15 is 0 Å². The van der Waals surface area contributed by atoms with Crippen molar-refractivity contribution < 1.29 is 14.3 Å². The Hall–Kier alpha value is -2.98. The van der Waals surface area contributed by atoms with Crippen molar-refractivity contribution in [3.63, 3.8) is 0 Å². The van der Waals surface area contributed by atoms with Crippen LogP contribution in [-0.2, 0) is 4.79 Å². The highest BCUT2D eigenvalue weighted by molar-refractivity contribution is 9.10. The maximum Gasteiger partial charge on any atom is 0.336 e. The third-order valence-corrected chi connectivity index (χ3v) is 6.10. The molecule has 1 saturated heterocycles. The molecule has 0 aromatic heterocycles. The number of rotatable bonds is 5. The van der Waals surface area contributed by atoms with E-state index in [-0.39, 0.29) is 11.6 Å². The standard InChI is InChI=1S/C25H17BrClFN2O2/c26-20-9-18(10-22(28)11-20)23(25(31)32)19-13-30(14-19)24(16-4-6-21(27)7-5-16)17-3-1-2-15(8-17)12-29/h1-11,24H,13-14H2,(H,31,32)/t24-/m0/s1. The van der Waals surface area contributed by atoms with Crippen LogP contribution in [-0.4, -0.2) is 29.1 Å². The Morgan fingerprint density at radius 3 is 2.44 bits per heavy atom. The number of carbonyl (C=O) groups is 1. The second-order valence-electron chi connectivity index (χ2n) is 7.54. The Labute approximate surface area is 198 Å². The number of hydrogen-bond donors (Lipinski definition) is 1. The first-order valence-corrected chi connectivity index (χ1v) is 10.9. The number of likely N-dealkylation sites (tertiary alicyclic amines) is 1. The van der Waals surface area contributed by atoms with Crippen LogP contribution >= 0.6 is 27.5 Å². The summed E-state index contributed by atoms with van der Waals surface area (Å²) in [5.41, 5.74) is 3.61. The number of nitriles is 1. The highest BCUT2D eigenvalue weighted by Gasteiger charge is 2.34. The molecule has 0 amide bonds. The van der Waals surface area contributed by atoms with Gasteiger partial charge in [0.15, 0.2) is 0 Å². The van der Waals surface area contributed by atoms with Crippen LogP contribution in [0.2, 0.25) is 5.02 Å². The summed E-state index contributed by atoms with van der Waals surface area (Å²) >= 11 is 9.30. The van der Waals surface area contributed by atoms with E-state index in [1.807, 2.05) is 42.5 Å². The van der Waals surface area contributed by atoms with Crippen molar-refractivity contribution in [2.75, 3.05) is 13.1 Å². The number of nitrogens with zero attached hydrogens (tertiary/aromatic N) is 2. The molecule has 1 N–H and O–H groups in total. The van der Waals surface area contributed by atoms with Gasteiger partial charge in [-0.2, -0.15) is 5.26 Å². The first-order chi connectivity index (χ1) is 15.4. The van der Waals surface area contributed by atoms with E-state index < -0.39 is 11.8 Å². The van der Waals surface area contributed by atoms with Crippen LogP contribution in [0.3, 0.4) is 0 Å². The van der Waals surface area contributed by atoms with Crippen LogP contribution in [0, 0.1) is 17.1 Å². The number of halogens is 3. The fraction of sp³-hybridized carbons (Fsp3) is 0.120. The molecule has 0 spiro atoms. The second kappa shape index (κ2) is 9.25. The molecular formula is C25H17BrClFN2O2. The molecule has 1 aliphatic heterocycles. The Balaban J connectivity index is 1.72. The van der Waals surface area contributed by atoms with Gasteiger partial charge in [-0.25, -0.2) is 9.18 Å². The normalized spacial score (nSPS) is 14.4. The van der Waals surface area contributed by atoms with Crippen molar-refractivity contribution in [2.24, 2.45) is 0 Å². The zero-order valence-electron chi connectivity index (χ0n) is 16.7. The van der Waals surface area contributed by atoms with Gasteiger partial charge in [0.05, 0.1) is 23.2 Å². The molecule has 1 atom stereocenters. The van der Waals surface area contributed by atoms with Crippen molar-refractivity contribution in [3.8, 4) is 6.07 Å². The first kappa shape index (κ1) is 22.2. The van der Waals surface area contributed by atoms with Crippen LogP contribution in [0.5, 0.6) is 0 Å². The summed E-state index contributed by atoms with van der Waals surface area (Å²) in [6, 6.07) is 20.9. The molecule has 7 heteroatoms. The summed E-state index contributed by atoms with van der Waals surface area (Å²) in [6.45, 7) is 0.805. The summed E-state index contributed by atoms with van der Waals surface area (Å²) in [4.78, 5) is 14.1. The van der Waals surface area contributed by atoms with E-state index in [4.69, 9.17) is 11.6 Å². The van der Waals surface area contributed by atoms with Gasteiger partial charge in [-0.1, -0.05) is 51.8 Å². The largest absolute Gasteiger partial charge is 0.478 e. The van der Waals surface area contributed by atoms with Gasteiger partial charge in [0.25, 0.3) is 0 Å². The van der Waals surface area contributed by atoms with E-state index in [1.165, 1.54) is 12.1 Å². The average molecular weight is 512 g/mol. The molecular weight excluding hydrogens is 495 g/mol. The fourth-order valence-electron chi connectivity index (χ4n) is 4.00. The monoisotopic (exact) mass is 510 g/mol. The summed E-state index contributed by atoms with van der Waals surface area (Å²) < 4.78 is 14.4. The quantitative estimate of drug-likeness (QED) is 0.423. The number of carboxylic acids is 1. The number of benzene rings is 3. The van der Waals surface area contributed by atoms with Gasteiger partial charge in [-0.15, -0.1) is 0 Å². The highest BCUT2D eigenvalue weighted by Crippen LogP contribution is 2.38. The van der Waals surface area contributed by atoms with Crippen LogP contribution in [0.15, 0.2) is 76.8 Å². The Kier molecular flexibility index (Phi) is 6.43. The van der Waals surface area contributed by atoms with Crippen molar-refractivity contribution in [3.05, 3.63) is 110 Å². The summed E-state index contributed by atoms with van der Waals surface area (Å²) in [5, 5.41) is 19.8. The van der Waals surface area contributed by atoms with Gasteiger partial charge < -0.3 is 5.11 Å². The van der Waals surface area contributed by atoms with Crippen LogP contribution < -0.4 is 0 Å². The average Bonchev–Trinajstić information content (AvgIpc) is 2.72. The molecule has 0 unspecified atom stereocenters. The fourth-order valence-corrected chi connectivity index (χ4v) is 4.59. The van der Waals surface area contributed by atoms with Crippen molar-refractivity contribution >= 4 is 39.1 Å². The van der Waals surface area contributed by atoms with Gasteiger partial charge in [0.1, 0.15) is 5.82 Å². The molecule has 1 aliphatic rings. The predicted octanol–water partition coefficient (Wildman–Crippen LogP) is 6.06. The Bertz CT molecular complexity index is 1240. The zero-order chi connectivity index (χ0) is 22.8. The molecule has 4 nitrogen and oxygen atoms in total. The van der Waals surface area contributed by atoms with E-state index in [1.54, 1.807) is 12.1 Å². The van der Waals surface area contributed by atoms with Gasteiger partial charge >= 0.3 is 5.97 Å². The van der Waals surface area contributed by atoms with Gasteiger partial charge in [0, 0.05) is 22.6 Å². The van der Waals surface area contributed by atoms with Crippen molar-refractivity contribution in [2.45, 2.75) is 6.04 Å². The summed E-state index contributed by atoms with van der Waals surface area (Å²) in [7, 11) is 0. The molecule has 3 aromatic rings. The molecule has 0 saturated carbocycles. The second-order valence-corrected chi connectivity index (χ2v) is 8.89. The minimum absolute atomic E-state index is 0.113. The van der Waals surface area contributed by atoms with Crippen LogP contribution in [0.1, 0.15) is 28.3 Å². The summed E-state index contributed by atoms with van der Waals surface area (Å²) in [6.07, 6.45) is 0. The molecule has 0 bridgehead atoms. The molecule has 0 radical (unpaired) electrons.